The second-order valence-electron chi connectivity index (χ2n) is 3.39. The summed E-state index contributed by atoms with van der Waals surface area (Å²) in [5, 5.41) is 15.0. The van der Waals surface area contributed by atoms with Crippen molar-refractivity contribution in [1.29, 1.82) is 0 Å². The van der Waals surface area contributed by atoms with Gasteiger partial charge in [0.25, 0.3) is 0 Å². The Morgan fingerprint density at radius 1 is 1.56 bits per heavy atom. The molecule has 0 bridgehead atoms. The lowest BCUT2D eigenvalue weighted by Gasteiger charge is -2.10. The fourth-order valence-corrected chi connectivity index (χ4v) is 1.79. The van der Waals surface area contributed by atoms with Crippen LogP contribution in [0.1, 0.15) is 18.4 Å². The molecule has 4 N–H and O–H groups in total. The third kappa shape index (κ3) is 4.41. The predicted molar refractivity (Wildman–Crippen MR) is 61.0 cm³/mol. The Bertz CT molecular complexity index is 351. The maximum atomic E-state index is 11.4. The first-order valence-corrected chi connectivity index (χ1v) is 5.80. The van der Waals surface area contributed by atoms with Gasteiger partial charge in [-0.3, -0.25) is 9.59 Å². The fourth-order valence-electron chi connectivity index (χ4n) is 1.12. The minimum atomic E-state index is -0.943. The van der Waals surface area contributed by atoms with Crippen LogP contribution in [0.15, 0.2) is 16.8 Å². The molecule has 1 aromatic heterocycles. The van der Waals surface area contributed by atoms with Gasteiger partial charge in [-0.15, -0.1) is 0 Å². The van der Waals surface area contributed by atoms with E-state index in [-0.39, 0.29) is 18.7 Å². The number of rotatable bonds is 6. The molecule has 1 aromatic rings. The molecule has 0 fully saturated rings. The normalized spacial score (nSPS) is 12.1. The third-order valence-corrected chi connectivity index (χ3v) is 2.78. The minimum absolute atomic E-state index is 0.0902. The Balaban J connectivity index is 2.26. The predicted octanol–water partition coefficient (Wildman–Crippen LogP) is 0.556. The lowest BCUT2D eigenvalue weighted by Crippen LogP contribution is -2.40. The van der Waals surface area contributed by atoms with E-state index < -0.39 is 12.0 Å². The third-order valence-electron chi connectivity index (χ3n) is 2.05. The standard InChI is InChI=1S/C10H14N2O3S/c11-8(1-2-9(13)14)10(15)12-5-7-3-4-16-6-7/h3-4,6,8H,1-2,5,11H2,(H,12,15)(H,13,14). The molecule has 16 heavy (non-hydrogen) atoms. The van der Waals surface area contributed by atoms with E-state index in [1.807, 2.05) is 16.8 Å². The number of aliphatic carboxylic acids is 1. The fraction of sp³-hybridized carbons (Fsp3) is 0.400. The van der Waals surface area contributed by atoms with Crippen LogP contribution in [0.4, 0.5) is 0 Å². The van der Waals surface area contributed by atoms with E-state index in [1.165, 1.54) is 0 Å². The molecule has 1 atom stereocenters. The Morgan fingerprint density at radius 2 is 2.31 bits per heavy atom. The molecule has 88 valence electrons. The zero-order chi connectivity index (χ0) is 12.0. The van der Waals surface area contributed by atoms with Crippen molar-refractivity contribution in [2.75, 3.05) is 0 Å². The summed E-state index contributed by atoms with van der Waals surface area (Å²) < 4.78 is 0. The van der Waals surface area contributed by atoms with Gasteiger partial charge < -0.3 is 16.2 Å². The summed E-state index contributed by atoms with van der Waals surface area (Å²) in [6, 6.07) is 1.16. The largest absolute Gasteiger partial charge is 0.481 e. The summed E-state index contributed by atoms with van der Waals surface area (Å²) >= 11 is 1.55. The number of carbonyl (C=O) groups is 2. The quantitative estimate of drug-likeness (QED) is 0.679. The minimum Gasteiger partial charge on any atom is -0.481 e. The van der Waals surface area contributed by atoms with Crippen LogP contribution in [-0.2, 0) is 16.1 Å². The molecule has 0 saturated heterocycles. The summed E-state index contributed by atoms with van der Waals surface area (Å²) in [7, 11) is 0. The van der Waals surface area contributed by atoms with Crippen LogP contribution in [0.3, 0.4) is 0 Å². The first-order valence-electron chi connectivity index (χ1n) is 4.85. The molecular formula is C10H14N2O3S. The molecule has 0 aromatic carbocycles. The molecule has 0 saturated carbocycles. The van der Waals surface area contributed by atoms with Gasteiger partial charge >= 0.3 is 5.97 Å². The molecule has 1 heterocycles. The number of nitrogens with two attached hydrogens (primary N) is 1. The smallest absolute Gasteiger partial charge is 0.303 e. The van der Waals surface area contributed by atoms with Crippen molar-refractivity contribution in [2.45, 2.75) is 25.4 Å². The molecule has 0 spiro atoms. The molecule has 0 aliphatic carbocycles. The molecule has 1 amide bonds. The highest BCUT2D eigenvalue weighted by Gasteiger charge is 2.14. The summed E-state index contributed by atoms with van der Waals surface area (Å²) in [6.07, 6.45) is 0.0673. The van der Waals surface area contributed by atoms with Crippen LogP contribution in [0, 0.1) is 0 Å². The van der Waals surface area contributed by atoms with Crippen molar-refractivity contribution in [3.05, 3.63) is 22.4 Å². The number of thiophene rings is 1. The van der Waals surface area contributed by atoms with Gasteiger partial charge in [-0.25, -0.2) is 0 Å². The maximum Gasteiger partial charge on any atom is 0.303 e. The summed E-state index contributed by atoms with van der Waals surface area (Å²) in [5.74, 6) is -1.26. The van der Waals surface area contributed by atoms with Gasteiger partial charge in [0.05, 0.1) is 6.04 Å². The Kier molecular flexibility index (Phi) is 4.94. The van der Waals surface area contributed by atoms with E-state index >= 15 is 0 Å². The van der Waals surface area contributed by atoms with E-state index in [0.717, 1.165) is 5.56 Å². The van der Waals surface area contributed by atoms with Crippen molar-refractivity contribution in [1.82, 2.24) is 5.32 Å². The second kappa shape index (κ2) is 6.24. The Morgan fingerprint density at radius 3 is 2.88 bits per heavy atom. The van der Waals surface area contributed by atoms with Crippen LogP contribution in [-0.4, -0.2) is 23.0 Å². The second-order valence-corrected chi connectivity index (χ2v) is 4.17. The monoisotopic (exact) mass is 242 g/mol. The van der Waals surface area contributed by atoms with Crippen LogP contribution >= 0.6 is 11.3 Å². The highest BCUT2D eigenvalue weighted by atomic mass is 32.1. The van der Waals surface area contributed by atoms with E-state index in [0.29, 0.717) is 6.54 Å². The molecule has 0 aliphatic rings. The molecule has 6 heteroatoms. The first kappa shape index (κ1) is 12.7. The maximum absolute atomic E-state index is 11.4. The van der Waals surface area contributed by atoms with Crippen LogP contribution in [0.2, 0.25) is 0 Å². The van der Waals surface area contributed by atoms with Gasteiger partial charge in [-0.1, -0.05) is 0 Å². The average Bonchev–Trinajstić information content (AvgIpc) is 2.75. The summed E-state index contributed by atoms with van der Waals surface area (Å²) in [6.45, 7) is 0.434. The van der Waals surface area contributed by atoms with Gasteiger partial charge in [0.2, 0.25) is 5.91 Å². The molecule has 0 radical (unpaired) electrons. The zero-order valence-electron chi connectivity index (χ0n) is 8.68. The van der Waals surface area contributed by atoms with Crippen molar-refractivity contribution in [3.8, 4) is 0 Å². The zero-order valence-corrected chi connectivity index (χ0v) is 9.50. The molecule has 1 rings (SSSR count). The number of nitrogens with one attached hydrogen (secondary N) is 1. The van der Waals surface area contributed by atoms with Gasteiger partial charge in [-0.2, -0.15) is 11.3 Å². The van der Waals surface area contributed by atoms with E-state index in [1.54, 1.807) is 11.3 Å². The highest BCUT2D eigenvalue weighted by Crippen LogP contribution is 2.05. The van der Waals surface area contributed by atoms with Crippen LogP contribution < -0.4 is 11.1 Å². The van der Waals surface area contributed by atoms with Gasteiger partial charge in [0, 0.05) is 13.0 Å². The number of amides is 1. The number of hydrogen-bond donors (Lipinski definition) is 3. The van der Waals surface area contributed by atoms with Crippen LogP contribution in [0.25, 0.3) is 0 Å². The summed E-state index contributed by atoms with van der Waals surface area (Å²) in [4.78, 5) is 21.7. The lowest BCUT2D eigenvalue weighted by atomic mass is 10.1. The van der Waals surface area contributed by atoms with Crippen molar-refractivity contribution >= 4 is 23.2 Å². The van der Waals surface area contributed by atoms with Crippen molar-refractivity contribution in [3.63, 3.8) is 0 Å². The summed E-state index contributed by atoms with van der Waals surface area (Å²) in [5.41, 5.74) is 6.55. The van der Waals surface area contributed by atoms with E-state index in [2.05, 4.69) is 5.32 Å². The molecule has 0 aliphatic heterocycles. The SMILES string of the molecule is NC(CCC(=O)O)C(=O)NCc1ccsc1. The number of carboxylic acids is 1. The van der Waals surface area contributed by atoms with Crippen molar-refractivity contribution in [2.24, 2.45) is 5.73 Å². The molecule has 1 unspecified atom stereocenters. The Hall–Kier alpha value is -1.40. The molecular weight excluding hydrogens is 228 g/mol. The first-order chi connectivity index (χ1) is 7.59. The van der Waals surface area contributed by atoms with E-state index in [9.17, 15) is 9.59 Å². The number of carboxylic acid groups (broad SMARTS) is 1. The highest BCUT2D eigenvalue weighted by molar-refractivity contribution is 7.07. The van der Waals surface area contributed by atoms with Gasteiger partial charge in [0.1, 0.15) is 0 Å². The van der Waals surface area contributed by atoms with Crippen molar-refractivity contribution < 1.29 is 14.7 Å². The van der Waals surface area contributed by atoms with Gasteiger partial charge in [0.15, 0.2) is 0 Å². The number of carbonyl (C=O) groups excluding carboxylic acids is 1. The Labute approximate surface area is 97.3 Å². The van der Waals surface area contributed by atoms with E-state index in [4.69, 9.17) is 10.8 Å². The molecule has 5 nitrogen and oxygen atoms in total. The number of hydrogen-bond acceptors (Lipinski definition) is 4. The van der Waals surface area contributed by atoms with Crippen LogP contribution in [0.5, 0.6) is 0 Å². The van der Waals surface area contributed by atoms with Gasteiger partial charge in [-0.05, 0) is 28.8 Å². The average molecular weight is 242 g/mol. The lowest BCUT2D eigenvalue weighted by molar-refractivity contribution is -0.137. The topological polar surface area (TPSA) is 92.4 Å².